The highest BCUT2D eigenvalue weighted by atomic mass is 32.2. The highest BCUT2D eigenvalue weighted by Crippen LogP contribution is 2.32. The fraction of sp³-hybridized carbons (Fsp3) is 0.880. The quantitative estimate of drug-likeness (QED) is 0.204. The highest BCUT2D eigenvalue weighted by Gasteiger charge is 2.49. The van der Waals surface area contributed by atoms with Crippen molar-refractivity contribution in [2.45, 2.75) is 89.0 Å². The van der Waals surface area contributed by atoms with Gasteiger partial charge in [0.25, 0.3) is 0 Å². The van der Waals surface area contributed by atoms with Crippen LogP contribution in [0.1, 0.15) is 78.6 Å². The summed E-state index contributed by atoms with van der Waals surface area (Å²) in [6.07, 6.45) is 6.70. The Balaban J connectivity index is 1.51. The molecule has 212 valence electrons. The van der Waals surface area contributed by atoms with Crippen molar-refractivity contribution in [1.29, 1.82) is 0 Å². The molecule has 0 aromatic heterocycles. The maximum absolute atomic E-state index is 13.5. The van der Waals surface area contributed by atoms with E-state index in [1.165, 1.54) is 0 Å². The van der Waals surface area contributed by atoms with Crippen LogP contribution in [0.5, 0.6) is 0 Å². The maximum Gasteiger partial charge on any atom is 0.410 e. The molecule has 0 radical (unpaired) electrons. The third-order valence-electron chi connectivity index (χ3n) is 7.39. The van der Waals surface area contributed by atoms with Crippen molar-refractivity contribution in [3.8, 4) is 0 Å². The Hall–Kier alpha value is -1.92. The summed E-state index contributed by atoms with van der Waals surface area (Å²) in [4.78, 5) is 31.9. The summed E-state index contributed by atoms with van der Waals surface area (Å²) in [5.74, 6) is -0.569. The van der Waals surface area contributed by atoms with E-state index in [0.29, 0.717) is 52.1 Å². The van der Waals surface area contributed by atoms with Crippen LogP contribution in [0, 0.1) is 5.92 Å². The van der Waals surface area contributed by atoms with Gasteiger partial charge >= 0.3 is 12.1 Å². The lowest BCUT2D eigenvalue weighted by Crippen LogP contribution is -2.63. The number of hydrogen-bond donors (Lipinski definition) is 2. The van der Waals surface area contributed by atoms with Crippen LogP contribution in [0.4, 0.5) is 4.79 Å². The minimum Gasteiger partial charge on any atom is -0.444 e. The minimum absolute atomic E-state index is 0.0689. The lowest BCUT2D eigenvalue weighted by atomic mass is 9.91. The number of amides is 1. The molecule has 1 aliphatic carbocycles. The van der Waals surface area contributed by atoms with Crippen LogP contribution in [0.3, 0.4) is 0 Å². The summed E-state index contributed by atoms with van der Waals surface area (Å²) in [5.41, 5.74) is 5.68. The van der Waals surface area contributed by atoms with Crippen LogP contribution in [-0.2, 0) is 24.2 Å². The first kappa shape index (κ1) is 29.6. The molecule has 37 heavy (non-hydrogen) atoms. The van der Waals surface area contributed by atoms with Crippen molar-refractivity contribution in [3.63, 3.8) is 0 Å². The first-order valence-corrected chi connectivity index (χ1v) is 15.3. The van der Waals surface area contributed by atoms with Crippen molar-refractivity contribution in [2.24, 2.45) is 16.8 Å². The van der Waals surface area contributed by atoms with Gasteiger partial charge in [0.1, 0.15) is 5.60 Å². The van der Waals surface area contributed by atoms with E-state index in [1.807, 2.05) is 20.8 Å². The van der Waals surface area contributed by atoms with Crippen LogP contribution in [0.2, 0.25) is 0 Å². The molecule has 3 N–H and O–H groups in total. The molecule has 1 amide bonds. The van der Waals surface area contributed by atoms with Gasteiger partial charge in [-0.25, -0.2) is 18.0 Å². The Kier molecular flexibility index (Phi) is 10.2. The van der Waals surface area contributed by atoms with Gasteiger partial charge in [0.05, 0.1) is 12.2 Å². The van der Waals surface area contributed by atoms with E-state index in [2.05, 4.69) is 15.4 Å². The van der Waals surface area contributed by atoms with Gasteiger partial charge in [-0.1, -0.05) is 24.4 Å². The summed E-state index contributed by atoms with van der Waals surface area (Å²) in [7, 11) is -3.65. The fourth-order valence-electron chi connectivity index (χ4n) is 5.28. The number of nitrogens with two attached hydrogens (primary N) is 1. The zero-order valence-corrected chi connectivity index (χ0v) is 23.5. The van der Waals surface area contributed by atoms with Gasteiger partial charge in [0, 0.05) is 32.7 Å². The molecule has 0 aromatic rings. The second kappa shape index (κ2) is 12.8. The molecule has 0 spiro atoms. The molecule has 2 saturated heterocycles. The monoisotopic (exact) mass is 543 g/mol. The number of piperazine rings is 1. The Morgan fingerprint density at radius 3 is 2.32 bits per heavy atom. The number of rotatable bonds is 8. The predicted octanol–water partition coefficient (Wildman–Crippen LogP) is 2.21. The number of amidine groups is 1. The largest absolute Gasteiger partial charge is 0.444 e. The highest BCUT2D eigenvalue weighted by molar-refractivity contribution is 7.93. The Morgan fingerprint density at radius 2 is 1.73 bits per heavy atom. The first-order valence-electron chi connectivity index (χ1n) is 13.6. The van der Waals surface area contributed by atoms with Gasteiger partial charge in [-0.3, -0.25) is 10.2 Å². The molecule has 2 aliphatic heterocycles. The lowest BCUT2D eigenvalue weighted by molar-refractivity contribution is -0.144. The van der Waals surface area contributed by atoms with E-state index < -0.39 is 26.3 Å². The van der Waals surface area contributed by atoms with Crippen LogP contribution < -0.4 is 11.1 Å². The van der Waals surface area contributed by atoms with Crippen molar-refractivity contribution >= 4 is 27.7 Å². The molecule has 3 aliphatic rings. The zero-order chi connectivity index (χ0) is 27.1. The van der Waals surface area contributed by atoms with Crippen molar-refractivity contribution in [2.75, 3.05) is 45.0 Å². The second-order valence-electron chi connectivity index (χ2n) is 11.5. The maximum atomic E-state index is 13.5. The number of hydrogen-bond acceptors (Lipinski definition) is 9. The number of carbonyl (C=O) groups excluding carboxylic acids is 2. The molecule has 12 heteroatoms. The Bertz CT molecular complexity index is 912. The summed E-state index contributed by atoms with van der Waals surface area (Å²) < 4.78 is 32.5. The third kappa shape index (κ3) is 8.28. The van der Waals surface area contributed by atoms with Crippen molar-refractivity contribution in [1.82, 2.24) is 15.1 Å². The molecule has 2 heterocycles. The van der Waals surface area contributed by atoms with Gasteiger partial charge in [-0.15, -0.1) is 0 Å². The molecular weight excluding hydrogens is 498 g/mol. The number of oxime groups is 1. The van der Waals surface area contributed by atoms with Crippen molar-refractivity contribution < 1.29 is 27.6 Å². The molecule has 11 nitrogen and oxygen atoms in total. The topological polar surface area (TPSA) is 144 Å². The Labute approximate surface area is 221 Å². The third-order valence-corrected chi connectivity index (χ3v) is 9.92. The molecule has 1 saturated carbocycles. The summed E-state index contributed by atoms with van der Waals surface area (Å²) in [6, 6.07) is 0. The van der Waals surface area contributed by atoms with Crippen LogP contribution in [-0.4, -0.2) is 91.6 Å². The smallest absolute Gasteiger partial charge is 0.410 e. The van der Waals surface area contributed by atoms with Crippen LogP contribution in [0.25, 0.3) is 0 Å². The van der Waals surface area contributed by atoms with E-state index in [-0.39, 0.29) is 30.0 Å². The van der Waals surface area contributed by atoms with E-state index in [4.69, 9.17) is 15.3 Å². The SMILES string of the molecule is CC(C)(C)OC(=O)N1CCN(CCC(=O)ON=C(N)C2(S(=O)(=O)CC3CCCCC3)CCCCN2)CC1. The number of nitrogens with one attached hydrogen (secondary N) is 1. The van der Waals surface area contributed by atoms with E-state index in [1.54, 1.807) is 4.90 Å². The Morgan fingerprint density at radius 1 is 1.05 bits per heavy atom. The molecule has 0 bridgehead atoms. The fourth-order valence-corrected chi connectivity index (χ4v) is 7.65. The van der Waals surface area contributed by atoms with Gasteiger partial charge in [-0.2, -0.15) is 0 Å². The average molecular weight is 544 g/mol. The molecule has 1 unspecified atom stereocenters. The van der Waals surface area contributed by atoms with Gasteiger partial charge in [0.2, 0.25) is 0 Å². The normalized spacial score (nSPS) is 25.1. The zero-order valence-electron chi connectivity index (χ0n) is 22.7. The summed E-state index contributed by atoms with van der Waals surface area (Å²) in [6.45, 7) is 8.73. The number of nitrogens with zero attached hydrogens (tertiary/aromatic N) is 3. The van der Waals surface area contributed by atoms with Gasteiger partial charge in [0.15, 0.2) is 20.5 Å². The summed E-state index contributed by atoms with van der Waals surface area (Å²) in [5, 5.41) is 6.94. The second-order valence-corrected chi connectivity index (χ2v) is 13.8. The number of ether oxygens (including phenoxy) is 1. The molecule has 1 atom stereocenters. The summed E-state index contributed by atoms with van der Waals surface area (Å²) >= 11 is 0. The first-order chi connectivity index (χ1) is 17.4. The van der Waals surface area contributed by atoms with Crippen LogP contribution in [0.15, 0.2) is 5.16 Å². The predicted molar refractivity (Wildman–Crippen MR) is 142 cm³/mol. The van der Waals surface area contributed by atoms with E-state index >= 15 is 0 Å². The minimum atomic E-state index is -3.65. The molecule has 0 aromatic carbocycles. The average Bonchev–Trinajstić information content (AvgIpc) is 2.86. The van der Waals surface area contributed by atoms with E-state index in [9.17, 15) is 18.0 Å². The number of piperidine rings is 1. The molecule has 3 fully saturated rings. The molecular formula is C25H45N5O6S. The van der Waals surface area contributed by atoms with Crippen molar-refractivity contribution in [3.05, 3.63) is 0 Å². The van der Waals surface area contributed by atoms with Crippen LogP contribution >= 0.6 is 0 Å². The standard InChI is InChI=1S/C25H45N5O6S/c1-24(2,3)35-23(32)30-17-15-29(16-18-30)14-11-21(31)36-28-22(26)25(12-7-8-13-27-25)37(33,34)19-20-9-5-4-6-10-20/h20,27H,4-19H2,1-3H3,(H2,26,28). The molecule has 3 rings (SSSR count). The number of sulfone groups is 1. The lowest BCUT2D eigenvalue weighted by Gasteiger charge is -2.38. The van der Waals surface area contributed by atoms with Gasteiger partial charge < -0.3 is 20.2 Å². The number of carbonyl (C=O) groups is 2. The van der Waals surface area contributed by atoms with Gasteiger partial charge in [-0.05, 0) is 65.3 Å². The van der Waals surface area contributed by atoms with E-state index in [0.717, 1.165) is 38.5 Å².